The third-order valence-electron chi connectivity index (χ3n) is 5.14. The summed E-state index contributed by atoms with van der Waals surface area (Å²) in [6, 6.07) is 16.0. The first-order chi connectivity index (χ1) is 15.0. The Hall–Kier alpha value is -3.74. The van der Waals surface area contributed by atoms with Crippen LogP contribution in [-0.4, -0.2) is 42.5 Å². The van der Waals surface area contributed by atoms with Crippen molar-refractivity contribution in [3.05, 3.63) is 77.7 Å². The molecule has 4 rings (SSSR count). The Morgan fingerprint density at radius 1 is 1.10 bits per heavy atom. The molecular weight excluding hydrogens is 396 g/mol. The summed E-state index contributed by atoms with van der Waals surface area (Å²) in [5, 5.41) is 2.81. The Balaban J connectivity index is 1.46. The van der Waals surface area contributed by atoms with Gasteiger partial charge in [-0.25, -0.2) is 0 Å². The molecule has 0 spiro atoms. The number of fused-ring (bicyclic) bond motifs is 1. The van der Waals surface area contributed by atoms with Gasteiger partial charge in [-0.15, -0.1) is 0 Å². The van der Waals surface area contributed by atoms with Gasteiger partial charge in [0.25, 0.3) is 11.8 Å². The molecule has 1 aliphatic rings. The second-order valence-corrected chi connectivity index (χ2v) is 7.30. The number of aryl methyl sites for hydroxylation is 1. The lowest BCUT2D eigenvalue weighted by Gasteiger charge is -2.31. The van der Waals surface area contributed by atoms with Gasteiger partial charge in [0.1, 0.15) is 6.61 Å². The van der Waals surface area contributed by atoms with Gasteiger partial charge in [0.15, 0.2) is 23.4 Å². The average molecular weight is 420 g/mol. The number of anilines is 1. The molecule has 0 bridgehead atoms. The summed E-state index contributed by atoms with van der Waals surface area (Å²) in [7, 11) is 0. The quantitative estimate of drug-likeness (QED) is 0.648. The molecule has 0 fully saturated rings. The maximum absolute atomic E-state index is 13.2. The van der Waals surface area contributed by atoms with E-state index in [4.69, 9.17) is 13.9 Å². The minimum absolute atomic E-state index is 0.140. The molecule has 31 heavy (non-hydrogen) atoms. The second kappa shape index (κ2) is 8.95. The lowest BCUT2D eigenvalue weighted by Crippen LogP contribution is -2.43. The number of carbonyl (C=O) groups excluding carboxylic acids is 2. The number of carbonyl (C=O) groups is 2. The summed E-state index contributed by atoms with van der Waals surface area (Å²) in [4.78, 5) is 27.2. The van der Waals surface area contributed by atoms with Crippen molar-refractivity contribution >= 4 is 17.5 Å². The van der Waals surface area contributed by atoms with Crippen LogP contribution in [0.1, 0.15) is 33.4 Å². The van der Waals surface area contributed by atoms with E-state index in [2.05, 4.69) is 5.32 Å². The van der Waals surface area contributed by atoms with Gasteiger partial charge in [-0.05, 0) is 55.8 Å². The Morgan fingerprint density at radius 3 is 2.65 bits per heavy atom. The van der Waals surface area contributed by atoms with E-state index >= 15 is 0 Å². The zero-order valence-electron chi connectivity index (χ0n) is 17.5. The van der Waals surface area contributed by atoms with E-state index in [1.807, 2.05) is 44.2 Å². The van der Waals surface area contributed by atoms with Crippen LogP contribution in [0.5, 0.6) is 11.5 Å². The van der Waals surface area contributed by atoms with Crippen LogP contribution >= 0.6 is 0 Å². The first-order valence-electron chi connectivity index (χ1n) is 10.2. The molecule has 0 aliphatic carbocycles. The van der Waals surface area contributed by atoms with Crippen molar-refractivity contribution in [2.75, 3.05) is 25.0 Å². The summed E-state index contributed by atoms with van der Waals surface area (Å²) < 4.78 is 16.9. The van der Waals surface area contributed by atoms with Crippen LogP contribution in [0.3, 0.4) is 0 Å². The third-order valence-corrected chi connectivity index (χ3v) is 5.14. The molecule has 0 saturated carbocycles. The molecule has 1 atom stereocenters. The lowest BCUT2D eigenvalue weighted by atomic mass is 10.1. The number of hydrogen-bond acceptors (Lipinski definition) is 5. The molecule has 3 aromatic rings. The molecule has 0 radical (unpaired) electrons. The fraction of sp³-hybridized carbons (Fsp3) is 0.250. The summed E-state index contributed by atoms with van der Waals surface area (Å²) in [5.74, 6) is 1.10. The van der Waals surface area contributed by atoms with Crippen molar-refractivity contribution in [1.29, 1.82) is 0 Å². The highest BCUT2D eigenvalue weighted by Crippen LogP contribution is 2.31. The number of likely N-dealkylation sites (N-methyl/N-ethyl adjacent to an activating group) is 1. The van der Waals surface area contributed by atoms with Gasteiger partial charge in [-0.3, -0.25) is 9.59 Å². The lowest BCUT2D eigenvalue weighted by molar-refractivity contribution is 0.0475. The highest BCUT2D eigenvalue weighted by atomic mass is 16.6. The molecule has 2 aromatic carbocycles. The van der Waals surface area contributed by atoms with Gasteiger partial charge >= 0.3 is 0 Å². The van der Waals surface area contributed by atoms with E-state index in [0.717, 1.165) is 5.56 Å². The average Bonchev–Trinajstić information content (AvgIpc) is 3.33. The number of hydrogen-bond donors (Lipinski definition) is 1. The van der Waals surface area contributed by atoms with Gasteiger partial charge in [-0.1, -0.05) is 18.2 Å². The van der Waals surface area contributed by atoms with E-state index in [0.29, 0.717) is 42.4 Å². The van der Waals surface area contributed by atoms with Gasteiger partial charge in [0.05, 0.1) is 12.8 Å². The number of nitrogens with one attached hydrogen (secondary N) is 1. The van der Waals surface area contributed by atoms with Crippen molar-refractivity contribution in [3.8, 4) is 11.5 Å². The van der Waals surface area contributed by atoms with E-state index in [1.54, 1.807) is 29.2 Å². The van der Waals surface area contributed by atoms with Crippen LogP contribution < -0.4 is 14.8 Å². The fourth-order valence-corrected chi connectivity index (χ4v) is 3.42. The smallest absolute Gasteiger partial charge is 0.291 e. The number of amides is 2. The van der Waals surface area contributed by atoms with Crippen molar-refractivity contribution < 1.29 is 23.5 Å². The van der Waals surface area contributed by atoms with Crippen LogP contribution in [0, 0.1) is 6.92 Å². The zero-order valence-corrected chi connectivity index (χ0v) is 17.5. The van der Waals surface area contributed by atoms with Crippen molar-refractivity contribution in [1.82, 2.24) is 4.90 Å². The maximum Gasteiger partial charge on any atom is 0.291 e. The molecule has 7 nitrogen and oxygen atoms in total. The molecule has 2 heterocycles. The van der Waals surface area contributed by atoms with Crippen molar-refractivity contribution in [2.45, 2.75) is 20.0 Å². The Kier molecular flexibility index (Phi) is 5.93. The fourth-order valence-electron chi connectivity index (χ4n) is 3.42. The summed E-state index contributed by atoms with van der Waals surface area (Å²) in [6.45, 7) is 5.07. The monoisotopic (exact) mass is 420 g/mol. The predicted octanol–water partition coefficient (Wildman–Crippen LogP) is 4.14. The molecule has 2 amide bonds. The van der Waals surface area contributed by atoms with Crippen molar-refractivity contribution in [3.63, 3.8) is 0 Å². The Morgan fingerprint density at radius 2 is 1.90 bits per heavy atom. The van der Waals surface area contributed by atoms with Crippen LogP contribution in [0.4, 0.5) is 5.69 Å². The molecular formula is C24H24N2O5. The second-order valence-electron chi connectivity index (χ2n) is 7.30. The van der Waals surface area contributed by atoms with Gasteiger partial charge < -0.3 is 24.1 Å². The highest BCUT2D eigenvalue weighted by Gasteiger charge is 2.25. The normalized spacial score (nSPS) is 14.7. The summed E-state index contributed by atoms with van der Waals surface area (Å²) in [5.41, 5.74) is 1.90. The third kappa shape index (κ3) is 4.55. The summed E-state index contributed by atoms with van der Waals surface area (Å²) >= 11 is 0. The van der Waals surface area contributed by atoms with Crippen LogP contribution in [0.15, 0.2) is 65.3 Å². The van der Waals surface area contributed by atoms with E-state index in [9.17, 15) is 9.59 Å². The molecule has 1 aromatic heterocycles. The molecule has 7 heteroatoms. The van der Waals surface area contributed by atoms with Crippen LogP contribution in [-0.2, 0) is 0 Å². The van der Waals surface area contributed by atoms with Crippen LogP contribution in [0.25, 0.3) is 0 Å². The van der Waals surface area contributed by atoms with Gasteiger partial charge in [0, 0.05) is 17.8 Å². The van der Waals surface area contributed by atoms with E-state index < -0.39 is 0 Å². The van der Waals surface area contributed by atoms with Crippen LogP contribution in [0.2, 0.25) is 0 Å². The Bertz CT molecular complexity index is 1080. The maximum atomic E-state index is 13.2. The largest absolute Gasteiger partial charge is 0.486 e. The SMILES string of the molecule is CCN(CC1COc2ccccc2O1)C(=O)c1ccc(C)c(NC(=O)c2ccco2)c1. The zero-order chi connectivity index (χ0) is 21.8. The highest BCUT2D eigenvalue weighted by molar-refractivity contribution is 6.03. The minimum Gasteiger partial charge on any atom is -0.486 e. The van der Waals surface area contributed by atoms with Gasteiger partial charge in [-0.2, -0.15) is 0 Å². The Labute approximate surface area is 180 Å². The number of furan rings is 1. The number of nitrogens with zero attached hydrogens (tertiary/aromatic N) is 1. The first-order valence-corrected chi connectivity index (χ1v) is 10.2. The molecule has 1 aliphatic heterocycles. The first kappa shape index (κ1) is 20.5. The standard InChI is InChI=1S/C24H24N2O5/c1-3-26(14-18-15-30-20-7-4-5-8-21(20)31-18)24(28)17-11-10-16(2)19(13-17)25-23(27)22-9-6-12-29-22/h4-13,18H,3,14-15H2,1-2H3,(H,25,27). The number of benzene rings is 2. The van der Waals surface area contributed by atoms with E-state index in [-0.39, 0.29) is 23.7 Å². The number of para-hydroxylation sites is 2. The van der Waals surface area contributed by atoms with Gasteiger partial charge in [0.2, 0.25) is 0 Å². The number of ether oxygens (including phenoxy) is 2. The summed E-state index contributed by atoms with van der Waals surface area (Å²) in [6.07, 6.45) is 1.18. The number of rotatable bonds is 6. The minimum atomic E-state index is -0.364. The molecule has 1 N–H and O–H groups in total. The van der Waals surface area contributed by atoms with Crippen molar-refractivity contribution in [2.24, 2.45) is 0 Å². The molecule has 0 saturated heterocycles. The molecule has 1 unspecified atom stereocenters. The molecule has 160 valence electrons. The topological polar surface area (TPSA) is 81.0 Å². The predicted molar refractivity (Wildman–Crippen MR) is 116 cm³/mol. The van der Waals surface area contributed by atoms with E-state index in [1.165, 1.54) is 6.26 Å².